The Hall–Kier alpha value is -0.570. The number of hydrogen-bond donors (Lipinski definition) is 1. The molecular weight excluding hydrogens is 166 g/mol. The Balaban J connectivity index is 3.17. The fraction of sp³-hybridized carbons (Fsp3) is 0.900. The van der Waals surface area contributed by atoms with Gasteiger partial charge in [-0.15, -0.1) is 0 Å². The highest BCUT2D eigenvalue weighted by Crippen LogP contribution is 2.00. The van der Waals surface area contributed by atoms with Crippen molar-refractivity contribution < 1.29 is 9.53 Å². The van der Waals surface area contributed by atoms with Gasteiger partial charge in [-0.25, -0.2) is 0 Å². The van der Waals surface area contributed by atoms with Gasteiger partial charge in [0, 0.05) is 26.2 Å². The average Bonchev–Trinajstić information content (AvgIpc) is 2.02. The maximum absolute atomic E-state index is 10.7. The van der Waals surface area contributed by atoms with Crippen molar-refractivity contribution in [2.24, 2.45) is 0 Å². The molecule has 0 saturated heterocycles. The second kappa shape index (κ2) is 8.05. The Morgan fingerprint density at radius 3 is 2.69 bits per heavy atom. The first-order chi connectivity index (χ1) is 6.16. The van der Waals surface area contributed by atoms with E-state index in [1.54, 1.807) is 6.92 Å². The molecule has 0 spiro atoms. The van der Waals surface area contributed by atoms with Gasteiger partial charge in [-0.2, -0.15) is 0 Å². The number of hydrogen-bond acceptors (Lipinski definition) is 2. The second-order valence-corrected chi connectivity index (χ2v) is 3.29. The van der Waals surface area contributed by atoms with Gasteiger partial charge < -0.3 is 10.1 Å². The number of ether oxygens (including phenoxy) is 1. The van der Waals surface area contributed by atoms with Gasteiger partial charge in [0.2, 0.25) is 5.91 Å². The highest BCUT2D eigenvalue weighted by atomic mass is 16.5. The largest absolute Gasteiger partial charge is 0.382 e. The number of amides is 1. The van der Waals surface area contributed by atoms with Crippen LogP contribution in [0.1, 0.15) is 40.0 Å². The molecule has 0 fully saturated rings. The molecule has 0 aromatic rings. The minimum atomic E-state index is 0.0531. The van der Waals surface area contributed by atoms with Gasteiger partial charge in [0.15, 0.2) is 0 Å². The van der Waals surface area contributed by atoms with Crippen LogP contribution >= 0.6 is 0 Å². The van der Waals surface area contributed by atoms with Gasteiger partial charge in [-0.3, -0.25) is 4.79 Å². The van der Waals surface area contributed by atoms with Crippen LogP contribution in [0.5, 0.6) is 0 Å². The first kappa shape index (κ1) is 12.4. The van der Waals surface area contributed by atoms with Gasteiger partial charge in [0.1, 0.15) is 0 Å². The van der Waals surface area contributed by atoms with Crippen LogP contribution in [0.25, 0.3) is 0 Å². The monoisotopic (exact) mass is 187 g/mol. The predicted molar refractivity (Wildman–Crippen MR) is 53.6 cm³/mol. The first-order valence-electron chi connectivity index (χ1n) is 5.01. The van der Waals surface area contributed by atoms with Crippen molar-refractivity contribution in [3.05, 3.63) is 0 Å². The fourth-order valence-electron chi connectivity index (χ4n) is 1.22. The van der Waals surface area contributed by atoms with Crippen molar-refractivity contribution in [2.45, 2.75) is 46.1 Å². The van der Waals surface area contributed by atoms with Gasteiger partial charge in [0.05, 0.1) is 0 Å². The van der Waals surface area contributed by atoms with Crippen molar-refractivity contribution in [3.8, 4) is 0 Å². The molecule has 0 aliphatic rings. The van der Waals surface area contributed by atoms with Crippen molar-refractivity contribution in [2.75, 3.05) is 13.2 Å². The molecule has 1 unspecified atom stereocenters. The van der Waals surface area contributed by atoms with E-state index in [2.05, 4.69) is 5.32 Å². The van der Waals surface area contributed by atoms with E-state index in [0.29, 0.717) is 6.04 Å². The van der Waals surface area contributed by atoms with Crippen LogP contribution < -0.4 is 5.32 Å². The standard InChI is InChI=1S/C10H21NO2/c1-4-13-8-6-5-7-9(2)11-10(3)12/h9H,4-8H2,1-3H3,(H,11,12). The van der Waals surface area contributed by atoms with Gasteiger partial charge in [-0.05, 0) is 33.1 Å². The number of carbonyl (C=O) groups excluding carboxylic acids is 1. The summed E-state index contributed by atoms with van der Waals surface area (Å²) in [5.41, 5.74) is 0. The molecular formula is C10H21NO2. The molecule has 0 radical (unpaired) electrons. The second-order valence-electron chi connectivity index (χ2n) is 3.29. The number of carbonyl (C=O) groups is 1. The van der Waals surface area contributed by atoms with Crippen molar-refractivity contribution in [1.29, 1.82) is 0 Å². The molecule has 1 atom stereocenters. The van der Waals surface area contributed by atoms with E-state index in [4.69, 9.17) is 4.74 Å². The maximum Gasteiger partial charge on any atom is 0.217 e. The van der Waals surface area contributed by atoms with E-state index in [-0.39, 0.29) is 5.91 Å². The molecule has 1 amide bonds. The van der Waals surface area contributed by atoms with Crippen molar-refractivity contribution >= 4 is 5.91 Å². The molecule has 0 aromatic carbocycles. The van der Waals surface area contributed by atoms with Crippen LogP contribution in [-0.2, 0) is 9.53 Å². The lowest BCUT2D eigenvalue weighted by atomic mass is 10.1. The SMILES string of the molecule is CCOCCCCC(C)NC(C)=O. The highest BCUT2D eigenvalue weighted by molar-refractivity contribution is 5.73. The summed E-state index contributed by atoms with van der Waals surface area (Å²) in [7, 11) is 0. The number of rotatable bonds is 7. The maximum atomic E-state index is 10.7. The molecule has 0 aliphatic carbocycles. The van der Waals surface area contributed by atoms with Crippen LogP contribution in [0.15, 0.2) is 0 Å². The number of unbranched alkanes of at least 4 members (excludes halogenated alkanes) is 1. The topological polar surface area (TPSA) is 38.3 Å². The van der Waals surface area contributed by atoms with Crippen molar-refractivity contribution in [3.63, 3.8) is 0 Å². The van der Waals surface area contributed by atoms with Gasteiger partial charge in [0.25, 0.3) is 0 Å². The average molecular weight is 187 g/mol. The highest BCUT2D eigenvalue weighted by Gasteiger charge is 2.01. The summed E-state index contributed by atoms with van der Waals surface area (Å²) in [6, 6.07) is 0.291. The molecule has 0 bridgehead atoms. The zero-order valence-electron chi connectivity index (χ0n) is 8.93. The normalized spacial score (nSPS) is 12.5. The van der Waals surface area contributed by atoms with Crippen LogP contribution in [-0.4, -0.2) is 25.2 Å². The lowest BCUT2D eigenvalue weighted by molar-refractivity contribution is -0.119. The van der Waals surface area contributed by atoms with Gasteiger partial charge >= 0.3 is 0 Å². The minimum Gasteiger partial charge on any atom is -0.382 e. The molecule has 13 heavy (non-hydrogen) atoms. The molecule has 78 valence electrons. The quantitative estimate of drug-likeness (QED) is 0.616. The summed E-state index contributed by atoms with van der Waals surface area (Å²) >= 11 is 0. The van der Waals surface area contributed by atoms with E-state index in [1.165, 1.54) is 0 Å². The Bertz CT molecular complexity index is 137. The molecule has 0 aromatic heterocycles. The first-order valence-corrected chi connectivity index (χ1v) is 5.01. The predicted octanol–water partition coefficient (Wildman–Crippen LogP) is 1.72. The Morgan fingerprint density at radius 2 is 2.15 bits per heavy atom. The number of nitrogens with one attached hydrogen (secondary N) is 1. The third-order valence-electron chi connectivity index (χ3n) is 1.83. The van der Waals surface area contributed by atoms with E-state index < -0.39 is 0 Å². The molecule has 3 nitrogen and oxygen atoms in total. The van der Waals surface area contributed by atoms with E-state index in [9.17, 15) is 4.79 Å². The minimum absolute atomic E-state index is 0.0531. The summed E-state index contributed by atoms with van der Waals surface area (Å²) in [6.07, 6.45) is 3.23. The van der Waals surface area contributed by atoms with Crippen molar-refractivity contribution in [1.82, 2.24) is 5.32 Å². The van der Waals surface area contributed by atoms with E-state index in [0.717, 1.165) is 32.5 Å². The molecule has 3 heteroatoms. The van der Waals surface area contributed by atoms with Crippen LogP contribution in [0, 0.1) is 0 Å². The summed E-state index contributed by atoms with van der Waals surface area (Å²) in [5.74, 6) is 0.0531. The van der Waals surface area contributed by atoms with E-state index in [1.807, 2.05) is 13.8 Å². The van der Waals surface area contributed by atoms with Crippen LogP contribution in [0.3, 0.4) is 0 Å². The third-order valence-corrected chi connectivity index (χ3v) is 1.83. The summed E-state index contributed by atoms with van der Waals surface area (Å²) < 4.78 is 5.21. The zero-order chi connectivity index (χ0) is 10.1. The lowest BCUT2D eigenvalue weighted by Crippen LogP contribution is -2.30. The molecule has 0 aliphatic heterocycles. The fourth-order valence-corrected chi connectivity index (χ4v) is 1.22. The molecule has 0 heterocycles. The third kappa shape index (κ3) is 9.34. The Kier molecular flexibility index (Phi) is 7.69. The smallest absolute Gasteiger partial charge is 0.217 e. The summed E-state index contributed by atoms with van der Waals surface area (Å²) in [6.45, 7) is 7.21. The van der Waals surface area contributed by atoms with Gasteiger partial charge in [-0.1, -0.05) is 0 Å². The Labute approximate surface area is 80.8 Å². The Morgan fingerprint density at radius 1 is 1.46 bits per heavy atom. The molecule has 0 rings (SSSR count). The summed E-state index contributed by atoms with van der Waals surface area (Å²) in [4.78, 5) is 10.7. The van der Waals surface area contributed by atoms with Crippen LogP contribution in [0.2, 0.25) is 0 Å². The van der Waals surface area contributed by atoms with E-state index >= 15 is 0 Å². The molecule has 0 saturated carbocycles. The zero-order valence-corrected chi connectivity index (χ0v) is 8.93. The summed E-state index contributed by atoms with van der Waals surface area (Å²) in [5, 5.41) is 2.85. The lowest BCUT2D eigenvalue weighted by Gasteiger charge is -2.11. The van der Waals surface area contributed by atoms with Crippen LogP contribution in [0.4, 0.5) is 0 Å². The molecule has 1 N–H and O–H groups in total.